The lowest BCUT2D eigenvalue weighted by atomic mass is 12.0. The van der Waals surface area contributed by atoms with Gasteiger partial charge in [-0.15, -0.1) is 0 Å². The second-order valence-electron chi connectivity index (χ2n) is 0.300. The van der Waals surface area contributed by atoms with Gasteiger partial charge in [0.05, 0.1) is 0 Å². The molecule has 3 nitrogen and oxygen atoms in total. The molecule has 0 spiro atoms. The SMILES string of the molecule is [3H]CSN=[N+]=[N-]. The molecule has 0 aromatic rings. The monoisotopic (exact) mass is 91.0 g/mol. The largest absolute Gasteiger partial charge is 0.0701 e. The molecule has 0 rings (SSSR count). The highest BCUT2D eigenvalue weighted by atomic mass is 32.2. The molecule has 0 N–H and O–H groups in total. The van der Waals surface area contributed by atoms with Crippen molar-refractivity contribution in [3.05, 3.63) is 10.4 Å². The van der Waals surface area contributed by atoms with Crippen LogP contribution in [0.4, 0.5) is 0 Å². The van der Waals surface area contributed by atoms with Gasteiger partial charge in [0.25, 0.3) is 0 Å². The molecule has 0 fully saturated rings. The van der Waals surface area contributed by atoms with Crippen molar-refractivity contribution in [2.45, 2.75) is 0 Å². The lowest BCUT2D eigenvalue weighted by Crippen LogP contribution is -1.26. The number of azide groups is 1. The molecule has 0 unspecified atom stereocenters. The van der Waals surface area contributed by atoms with Crippen molar-refractivity contribution in [1.29, 1.82) is 0 Å². The summed E-state index contributed by atoms with van der Waals surface area (Å²) in [6, 6.07) is 0. The molecule has 0 bridgehead atoms. The molecule has 4 heteroatoms. The maximum absolute atomic E-state index is 7.55. The highest BCUT2D eigenvalue weighted by Gasteiger charge is 1.50. The molecule has 0 aromatic carbocycles. The van der Waals surface area contributed by atoms with Crippen molar-refractivity contribution in [1.82, 2.24) is 0 Å². The molecule has 0 aliphatic carbocycles. The summed E-state index contributed by atoms with van der Waals surface area (Å²) >= 11 is 0.883. The zero-order valence-corrected chi connectivity index (χ0v) is 3.27. The second-order valence-corrected chi connectivity index (χ2v) is 0.722. The van der Waals surface area contributed by atoms with E-state index in [1.165, 1.54) is 0 Å². The highest BCUT2D eigenvalue weighted by molar-refractivity contribution is 7.97. The molecule has 0 aliphatic rings. The number of hydrogen-bond donors (Lipinski definition) is 0. The van der Waals surface area contributed by atoms with E-state index in [4.69, 9.17) is 6.90 Å². The van der Waals surface area contributed by atoms with Crippen LogP contribution in [0.2, 0.25) is 0 Å². The maximum atomic E-state index is 7.55. The minimum Gasteiger partial charge on any atom is -0.0701 e. The van der Waals surface area contributed by atoms with E-state index in [1.54, 1.807) is 0 Å². The molecular formula is CH3N3S. The van der Waals surface area contributed by atoms with Gasteiger partial charge in [0.15, 0.2) is 0 Å². The van der Waals surface area contributed by atoms with Crippen molar-refractivity contribution in [3.8, 4) is 0 Å². The molecular weight excluding hydrogens is 86.1 g/mol. The molecule has 5 heavy (non-hydrogen) atoms. The van der Waals surface area contributed by atoms with Crippen LogP contribution in [-0.2, 0) is 0 Å². The Morgan fingerprint density at radius 3 is 3.40 bits per heavy atom. The van der Waals surface area contributed by atoms with Crippen LogP contribution in [-0.4, -0.2) is 6.23 Å². The Hall–Kier alpha value is -0.340. The predicted octanol–water partition coefficient (Wildman–Crippen LogP) is 1.57. The lowest BCUT2D eigenvalue weighted by molar-refractivity contribution is 1.81. The van der Waals surface area contributed by atoms with Crippen LogP contribution in [0.25, 0.3) is 10.4 Å². The van der Waals surface area contributed by atoms with Crippen molar-refractivity contribution in [3.63, 3.8) is 0 Å². The zero-order valence-electron chi connectivity index (χ0n) is 3.46. The summed E-state index contributed by atoms with van der Waals surface area (Å²) in [6.45, 7) is 0. The van der Waals surface area contributed by atoms with Crippen molar-refractivity contribution in [2.24, 2.45) is 4.52 Å². The molecule has 0 saturated heterocycles. The average molecular weight is 91.1 g/mol. The fourth-order valence-electron chi connectivity index (χ4n) is 0.0258. The summed E-state index contributed by atoms with van der Waals surface area (Å²) in [4.78, 5) is 2.39. The van der Waals surface area contributed by atoms with E-state index in [1.807, 2.05) is 0 Å². The minimum atomic E-state index is 0.101. The van der Waals surface area contributed by atoms with Gasteiger partial charge < -0.3 is 0 Å². The van der Waals surface area contributed by atoms with Gasteiger partial charge in [-0.05, 0) is 16.3 Å². The summed E-state index contributed by atoms with van der Waals surface area (Å²) in [5.74, 6) is 0. The summed E-state index contributed by atoms with van der Waals surface area (Å²) in [6.07, 6.45) is 0.101. The first kappa shape index (κ1) is 2.87. The van der Waals surface area contributed by atoms with E-state index in [9.17, 15) is 0 Å². The Labute approximate surface area is 35.5 Å². The molecule has 0 atom stereocenters. The Morgan fingerprint density at radius 1 is 2.40 bits per heavy atom. The van der Waals surface area contributed by atoms with Gasteiger partial charge in [-0.3, -0.25) is 0 Å². The second kappa shape index (κ2) is 3.66. The summed E-state index contributed by atoms with van der Waals surface area (Å²) in [5.41, 5.74) is 7.55. The van der Waals surface area contributed by atoms with E-state index in [-0.39, 0.29) is 6.23 Å². The molecule has 0 radical (unpaired) electrons. The summed E-state index contributed by atoms with van der Waals surface area (Å²) in [7, 11) is 0. The Bertz CT molecular complexity index is 67.2. The summed E-state index contributed by atoms with van der Waals surface area (Å²) < 4.78 is 9.40. The van der Waals surface area contributed by atoms with Crippen LogP contribution in [0.15, 0.2) is 4.52 Å². The van der Waals surface area contributed by atoms with E-state index in [0.717, 1.165) is 11.9 Å². The fourth-order valence-corrected chi connectivity index (χ4v) is 0.0775. The van der Waals surface area contributed by atoms with Crippen LogP contribution < -0.4 is 0 Å². The standard InChI is InChI=1S/CH3N3S/c1-5-4-3-2/h1H3/i1T. The minimum absolute atomic E-state index is 0.101. The van der Waals surface area contributed by atoms with Crippen LogP contribution in [0.3, 0.4) is 0 Å². The van der Waals surface area contributed by atoms with E-state index in [0.29, 0.717) is 0 Å². The topological polar surface area (TPSA) is 48.8 Å². The number of nitrogens with zero attached hydrogens (tertiary/aromatic N) is 3. The first-order valence-corrected chi connectivity index (χ1v) is 1.81. The van der Waals surface area contributed by atoms with E-state index in [2.05, 4.69) is 9.43 Å². The van der Waals surface area contributed by atoms with Gasteiger partial charge in [-0.1, -0.05) is 11.9 Å². The third kappa shape index (κ3) is 3.66. The average Bonchev–Trinajstić information content (AvgIpc) is 1.61. The Balaban J connectivity index is 2.86. The van der Waals surface area contributed by atoms with Crippen LogP contribution in [0.5, 0.6) is 0 Å². The van der Waals surface area contributed by atoms with Gasteiger partial charge in [0.2, 0.25) is 0 Å². The third-order valence-electron chi connectivity index (χ3n) is 0.0942. The normalized spacial score (nSPS) is 8.40. The van der Waals surface area contributed by atoms with E-state index >= 15 is 0 Å². The first-order valence-electron chi connectivity index (χ1n) is 1.58. The van der Waals surface area contributed by atoms with Gasteiger partial charge >= 0.3 is 0 Å². The molecule has 28 valence electrons. The fraction of sp³-hybridized carbons (Fsp3) is 1.00. The number of rotatable bonds is 1. The molecule has 0 heterocycles. The Kier molecular flexibility index (Phi) is 2.10. The molecule has 0 amide bonds. The van der Waals surface area contributed by atoms with Crippen molar-refractivity contribution < 1.29 is 1.37 Å². The molecule has 0 aliphatic heterocycles. The van der Waals surface area contributed by atoms with Gasteiger partial charge in [0, 0.05) is 6.28 Å². The lowest BCUT2D eigenvalue weighted by Gasteiger charge is -1.58. The quantitative estimate of drug-likeness (QED) is 0.209. The van der Waals surface area contributed by atoms with Crippen LogP contribution in [0.1, 0.15) is 1.37 Å². The molecule has 0 aromatic heterocycles. The van der Waals surface area contributed by atoms with Gasteiger partial charge in [-0.2, -0.15) is 0 Å². The molecule has 0 saturated carbocycles. The van der Waals surface area contributed by atoms with Gasteiger partial charge in [-0.25, -0.2) is 0 Å². The van der Waals surface area contributed by atoms with Crippen molar-refractivity contribution in [2.75, 3.05) is 6.23 Å². The summed E-state index contributed by atoms with van der Waals surface area (Å²) in [5, 5.41) is 0. The van der Waals surface area contributed by atoms with Gasteiger partial charge in [0.1, 0.15) is 0 Å². The van der Waals surface area contributed by atoms with Crippen LogP contribution >= 0.6 is 11.9 Å². The van der Waals surface area contributed by atoms with Crippen LogP contribution in [0, 0.1) is 0 Å². The predicted molar refractivity (Wildman–Crippen MR) is 22.7 cm³/mol. The highest BCUT2D eigenvalue weighted by Crippen LogP contribution is 1.89. The Morgan fingerprint density at radius 2 is 3.20 bits per heavy atom. The maximum Gasteiger partial charge on any atom is 0.0347 e. The zero-order chi connectivity index (χ0) is 4.83. The first-order chi connectivity index (χ1) is 2.91. The smallest absolute Gasteiger partial charge is 0.0347 e. The third-order valence-corrected chi connectivity index (χ3v) is 0.283. The van der Waals surface area contributed by atoms with Crippen molar-refractivity contribution >= 4 is 11.9 Å². The van der Waals surface area contributed by atoms with E-state index < -0.39 is 0 Å². The number of hydrogen-bond acceptors (Lipinski definition) is 2.